The maximum absolute atomic E-state index is 6.49. The van der Waals surface area contributed by atoms with Gasteiger partial charge < -0.3 is 9.47 Å². The molecule has 1 aromatic rings. The molecule has 21 heavy (non-hydrogen) atoms. The second kappa shape index (κ2) is 4.76. The second-order valence-corrected chi connectivity index (χ2v) is 6.90. The molecule has 0 bridgehead atoms. The fraction of sp³-hybridized carbons (Fsp3) is 0.500. The summed E-state index contributed by atoms with van der Waals surface area (Å²) in [6.07, 6.45) is 5.46. The van der Waals surface area contributed by atoms with Crippen LogP contribution in [0.3, 0.4) is 0 Å². The van der Waals surface area contributed by atoms with E-state index in [1.165, 1.54) is 0 Å². The molecule has 2 radical (unpaired) electrons. The summed E-state index contributed by atoms with van der Waals surface area (Å²) in [6.45, 7) is 1.36. The van der Waals surface area contributed by atoms with Crippen molar-refractivity contribution in [2.45, 2.75) is 36.9 Å². The van der Waals surface area contributed by atoms with E-state index in [9.17, 15) is 0 Å². The van der Waals surface area contributed by atoms with Gasteiger partial charge in [0.05, 0.1) is 23.3 Å². The third-order valence-corrected chi connectivity index (χ3v) is 5.95. The quantitative estimate of drug-likeness (QED) is 0.671. The average Bonchev–Trinajstić information content (AvgIpc) is 3.03. The Morgan fingerprint density at radius 2 is 1.67 bits per heavy atom. The molecule has 5 heteroatoms. The number of halogens is 2. The third-order valence-electron chi connectivity index (χ3n) is 5.15. The second-order valence-electron chi connectivity index (χ2n) is 6.11. The van der Waals surface area contributed by atoms with Crippen molar-refractivity contribution < 1.29 is 9.47 Å². The van der Waals surface area contributed by atoms with Gasteiger partial charge in [-0.1, -0.05) is 35.3 Å². The van der Waals surface area contributed by atoms with Crippen molar-refractivity contribution in [2.24, 2.45) is 0 Å². The van der Waals surface area contributed by atoms with Gasteiger partial charge in [-0.3, -0.25) is 0 Å². The van der Waals surface area contributed by atoms with Gasteiger partial charge in [0.2, 0.25) is 0 Å². The molecule has 2 fully saturated rings. The van der Waals surface area contributed by atoms with E-state index in [1.54, 1.807) is 0 Å². The Morgan fingerprint density at radius 1 is 1.00 bits per heavy atom. The van der Waals surface area contributed by atoms with Crippen LogP contribution in [0, 0.1) is 0 Å². The van der Waals surface area contributed by atoms with E-state index in [-0.39, 0.29) is 5.41 Å². The van der Waals surface area contributed by atoms with E-state index < -0.39 is 5.79 Å². The summed E-state index contributed by atoms with van der Waals surface area (Å²) in [5.41, 5.74) is 2.85. The topological polar surface area (TPSA) is 18.5 Å². The smallest absolute Gasteiger partial charge is 0.168 e. The Morgan fingerprint density at radius 3 is 2.33 bits per heavy atom. The van der Waals surface area contributed by atoms with Gasteiger partial charge in [-0.25, -0.2) is 0 Å². The molecule has 1 heterocycles. The van der Waals surface area contributed by atoms with Crippen LogP contribution in [0.5, 0.6) is 0 Å². The Bertz CT molecular complexity index is 625. The lowest BCUT2D eigenvalue weighted by molar-refractivity contribution is -0.182. The monoisotopic (exact) mass is 320 g/mol. The summed E-state index contributed by atoms with van der Waals surface area (Å²) in [5.74, 6) is -0.403. The molecule has 0 unspecified atom stereocenters. The van der Waals surface area contributed by atoms with E-state index in [4.69, 9.17) is 40.5 Å². The zero-order valence-corrected chi connectivity index (χ0v) is 13.1. The highest BCUT2D eigenvalue weighted by Gasteiger charge is 2.50. The van der Waals surface area contributed by atoms with Crippen LogP contribution in [-0.4, -0.2) is 26.8 Å². The number of hydrogen-bond acceptors (Lipinski definition) is 2. The van der Waals surface area contributed by atoms with E-state index in [0.29, 0.717) is 23.3 Å². The molecule has 3 aliphatic rings. The lowest BCUT2D eigenvalue weighted by atomic mass is 9.61. The summed E-state index contributed by atoms with van der Waals surface area (Å²) < 4.78 is 11.6. The summed E-state index contributed by atoms with van der Waals surface area (Å²) in [5, 5.41) is 1.22. The first kappa shape index (κ1) is 14.1. The van der Waals surface area contributed by atoms with Crippen molar-refractivity contribution in [3.8, 4) is 0 Å². The minimum absolute atomic E-state index is 0.210. The molecular weight excluding hydrogens is 306 g/mol. The minimum Gasteiger partial charge on any atom is -0.348 e. The van der Waals surface area contributed by atoms with Gasteiger partial charge in [-0.15, -0.1) is 5.47 Å². The summed E-state index contributed by atoms with van der Waals surface area (Å²) in [4.78, 5) is 0. The van der Waals surface area contributed by atoms with Crippen LogP contribution < -0.4 is 0 Å². The van der Waals surface area contributed by atoms with Crippen LogP contribution in [0.2, 0.25) is 10.0 Å². The molecule has 1 saturated carbocycles. The van der Waals surface area contributed by atoms with Gasteiger partial charge in [0.1, 0.15) is 7.85 Å². The predicted octanol–water partition coefficient (Wildman–Crippen LogP) is 4.07. The highest BCUT2D eigenvalue weighted by atomic mass is 35.5. The van der Waals surface area contributed by atoms with Crippen LogP contribution in [0.4, 0.5) is 0 Å². The summed E-state index contributed by atoms with van der Waals surface area (Å²) in [6, 6.07) is 3.83. The molecule has 0 amide bonds. The highest BCUT2D eigenvalue weighted by Crippen LogP contribution is 2.56. The van der Waals surface area contributed by atoms with Crippen LogP contribution in [0.25, 0.3) is 6.08 Å². The van der Waals surface area contributed by atoms with Gasteiger partial charge in [-0.2, -0.15) is 0 Å². The normalized spacial score (nSPS) is 25.3. The maximum atomic E-state index is 6.49. The van der Waals surface area contributed by atoms with Gasteiger partial charge in [0, 0.05) is 18.3 Å². The maximum Gasteiger partial charge on any atom is 0.168 e. The standard InChI is InChI=1S/C16H15BCl2O2/c17-12-9-10-1-2-11(18)14(19)13(10)15(12)3-5-16(6-4-15)20-7-8-21-16/h1-2,9H,3-8H2. The molecule has 1 aromatic carbocycles. The molecule has 2 aliphatic carbocycles. The first-order chi connectivity index (χ1) is 10.1. The summed E-state index contributed by atoms with van der Waals surface area (Å²) >= 11 is 12.7. The molecular formula is C16H15BCl2O2. The molecule has 2 spiro atoms. The molecule has 0 atom stereocenters. The largest absolute Gasteiger partial charge is 0.348 e. The number of rotatable bonds is 0. The van der Waals surface area contributed by atoms with E-state index in [1.807, 2.05) is 18.2 Å². The zero-order chi connectivity index (χ0) is 14.7. The first-order valence-electron chi connectivity index (χ1n) is 7.30. The number of ether oxygens (including phenoxy) is 2. The van der Waals surface area contributed by atoms with Crippen LogP contribution in [0.15, 0.2) is 17.6 Å². The van der Waals surface area contributed by atoms with Crippen molar-refractivity contribution in [1.29, 1.82) is 0 Å². The average molecular weight is 321 g/mol. The summed E-state index contributed by atoms with van der Waals surface area (Å²) in [7, 11) is 6.38. The lowest BCUT2D eigenvalue weighted by Gasteiger charge is -2.44. The molecule has 0 N–H and O–H groups in total. The van der Waals surface area contributed by atoms with Crippen molar-refractivity contribution in [3.05, 3.63) is 38.8 Å². The first-order valence-corrected chi connectivity index (χ1v) is 8.06. The zero-order valence-electron chi connectivity index (χ0n) is 11.6. The number of fused-ring (bicyclic) bond motifs is 2. The molecule has 4 rings (SSSR count). The Balaban J connectivity index is 1.74. The number of hydrogen-bond donors (Lipinski definition) is 0. The minimum atomic E-state index is -0.403. The van der Waals surface area contributed by atoms with E-state index in [2.05, 4.69) is 0 Å². The van der Waals surface area contributed by atoms with Gasteiger partial charge in [0.25, 0.3) is 0 Å². The van der Waals surface area contributed by atoms with E-state index >= 15 is 0 Å². The van der Waals surface area contributed by atoms with E-state index in [0.717, 1.165) is 42.3 Å². The highest BCUT2D eigenvalue weighted by molar-refractivity contribution is 6.43. The molecule has 0 aromatic heterocycles. The molecule has 1 aliphatic heterocycles. The molecule has 2 nitrogen and oxygen atoms in total. The van der Waals surface area contributed by atoms with Gasteiger partial charge >= 0.3 is 0 Å². The van der Waals surface area contributed by atoms with Crippen molar-refractivity contribution >= 4 is 37.1 Å². The number of allylic oxidation sites excluding steroid dienone is 1. The third kappa shape index (κ3) is 1.95. The number of benzene rings is 1. The van der Waals surface area contributed by atoms with Crippen molar-refractivity contribution in [2.75, 3.05) is 13.2 Å². The fourth-order valence-electron chi connectivity index (χ4n) is 4.00. The van der Waals surface area contributed by atoms with Crippen LogP contribution in [0.1, 0.15) is 36.8 Å². The Kier molecular flexibility index (Phi) is 3.20. The van der Waals surface area contributed by atoms with Crippen molar-refractivity contribution in [1.82, 2.24) is 0 Å². The fourth-order valence-corrected chi connectivity index (χ4v) is 4.51. The van der Waals surface area contributed by atoms with Gasteiger partial charge in [-0.05, 0) is 30.0 Å². The van der Waals surface area contributed by atoms with Crippen molar-refractivity contribution in [3.63, 3.8) is 0 Å². The molecule has 108 valence electrons. The molecule has 1 saturated heterocycles. The Hall–Kier alpha value is -0.475. The Labute approximate surface area is 135 Å². The van der Waals surface area contributed by atoms with Crippen LogP contribution >= 0.6 is 23.2 Å². The lowest BCUT2D eigenvalue weighted by Crippen LogP contribution is -2.42. The van der Waals surface area contributed by atoms with Gasteiger partial charge in [0.15, 0.2) is 5.79 Å². The SMILES string of the molecule is [B]C1=Cc2ccc(Cl)c(Cl)c2C12CCC1(CC2)OCCO1. The predicted molar refractivity (Wildman–Crippen MR) is 85.0 cm³/mol. The van der Waals surface area contributed by atoms with Crippen LogP contribution in [-0.2, 0) is 14.9 Å².